The van der Waals surface area contributed by atoms with E-state index in [0.29, 0.717) is 17.9 Å². The van der Waals surface area contributed by atoms with Crippen LogP contribution in [0.15, 0.2) is 36.4 Å². The molecule has 0 heterocycles. The van der Waals surface area contributed by atoms with Crippen molar-refractivity contribution in [3.63, 3.8) is 0 Å². The molecule has 0 aliphatic carbocycles. The Morgan fingerprint density at radius 1 is 1.20 bits per heavy atom. The second-order valence-electron chi connectivity index (χ2n) is 4.27. The molecule has 0 aliphatic rings. The van der Waals surface area contributed by atoms with E-state index in [1.165, 1.54) is 31.4 Å². The first-order valence-electron chi connectivity index (χ1n) is 6.23. The van der Waals surface area contributed by atoms with Gasteiger partial charge in [-0.2, -0.15) is 0 Å². The Morgan fingerprint density at radius 3 is 2.55 bits per heavy atom. The van der Waals surface area contributed by atoms with E-state index in [9.17, 15) is 8.78 Å². The molecule has 20 heavy (non-hydrogen) atoms. The van der Waals surface area contributed by atoms with E-state index in [-0.39, 0.29) is 17.3 Å². The van der Waals surface area contributed by atoms with Crippen molar-refractivity contribution < 1.29 is 13.5 Å². The molecule has 2 aromatic rings. The highest BCUT2D eigenvalue weighted by Gasteiger charge is 2.15. The van der Waals surface area contributed by atoms with Crippen molar-refractivity contribution >= 4 is 17.1 Å². The second-order valence-corrected chi connectivity index (χ2v) is 4.27. The fourth-order valence-corrected chi connectivity index (χ4v) is 2.08. The van der Waals surface area contributed by atoms with Crippen molar-refractivity contribution in [1.29, 1.82) is 0 Å². The first-order chi connectivity index (χ1) is 9.56. The van der Waals surface area contributed by atoms with Gasteiger partial charge in [-0.1, -0.05) is 6.07 Å². The molecule has 0 amide bonds. The predicted molar refractivity (Wildman–Crippen MR) is 76.4 cm³/mol. The Bertz CT molecular complexity index is 617. The largest absolute Gasteiger partial charge is 0.494 e. The molecule has 0 spiro atoms. The Labute approximate surface area is 116 Å². The molecular weight excluding hydrogens is 262 g/mol. The van der Waals surface area contributed by atoms with Crippen molar-refractivity contribution in [2.75, 3.05) is 24.3 Å². The molecule has 0 saturated carbocycles. The Hall–Kier alpha value is -2.30. The summed E-state index contributed by atoms with van der Waals surface area (Å²) in [5.41, 5.74) is 7.36. The van der Waals surface area contributed by atoms with E-state index in [1.807, 2.05) is 6.92 Å². The summed E-state index contributed by atoms with van der Waals surface area (Å²) in [4.78, 5) is 1.79. The van der Waals surface area contributed by atoms with Gasteiger partial charge in [0.1, 0.15) is 5.82 Å². The minimum atomic E-state index is -0.524. The summed E-state index contributed by atoms with van der Waals surface area (Å²) in [6.07, 6.45) is 0. The van der Waals surface area contributed by atoms with E-state index in [1.54, 1.807) is 17.0 Å². The molecule has 0 atom stereocenters. The average Bonchev–Trinajstić information content (AvgIpc) is 2.42. The van der Waals surface area contributed by atoms with Gasteiger partial charge in [0.2, 0.25) is 0 Å². The zero-order chi connectivity index (χ0) is 14.7. The molecule has 0 aromatic heterocycles. The number of ether oxygens (including phenoxy) is 1. The monoisotopic (exact) mass is 278 g/mol. The number of hydrogen-bond acceptors (Lipinski definition) is 3. The lowest BCUT2D eigenvalue weighted by atomic mass is 10.2. The summed E-state index contributed by atoms with van der Waals surface area (Å²) in [6, 6.07) is 8.87. The molecule has 3 nitrogen and oxygen atoms in total. The number of nitrogens with zero attached hydrogens (tertiary/aromatic N) is 1. The lowest BCUT2D eigenvalue weighted by Crippen LogP contribution is -2.18. The third-order valence-electron chi connectivity index (χ3n) is 3.03. The van der Waals surface area contributed by atoms with Crippen LogP contribution in [0.2, 0.25) is 0 Å². The number of benzene rings is 2. The fraction of sp³-hybridized carbons (Fsp3) is 0.200. The first kappa shape index (κ1) is 14.1. The third kappa shape index (κ3) is 2.66. The average molecular weight is 278 g/mol. The van der Waals surface area contributed by atoms with Crippen molar-refractivity contribution in [2.45, 2.75) is 6.92 Å². The topological polar surface area (TPSA) is 38.5 Å². The van der Waals surface area contributed by atoms with Crippen LogP contribution in [0.5, 0.6) is 5.75 Å². The maximum atomic E-state index is 13.6. The van der Waals surface area contributed by atoms with Gasteiger partial charge < -0.3 is 15.4 Å². The number of halogens is 2. The maximum Gasteiger partial charge on any atom is 0.167 e. The van der Waals surface area contributed by atoms with Gasteiger partial charge in [-0.15, -0.1) is 0 Å². The van der Waals surface area contributed by atoms with Crippen molar-refractivity contribution in [1.82, 2.24) is 0 Å². The van der Waals surface area contributed by atoms with Gasteiger partial charge in [-0.25, -0.2) is 8.78 Å². The van der Waals surface area contributed by atoms with Crippen LogP contribution < -0.4 is 15.4 Å². The van der Waals surface area contributed by atoms with Crippen LogP contribution in [0.1, 0.15) is 6.92 Å². The minimum Gasteiger partial charge on any atom is -0.494 e. The number of nitrogen functional groups attached to an aromatic ring is 1. The van der Waals surface area contributed by atoms with E-state index >= 15 is 0 Å². The summed E-state index contributed by atoms with van der Waals surface area (Å²) < 4.78 is 31.9. The summed E-state index contributed by atoms with van der Waals surface area (Å²) in [6.45, 7) is 2.46. The quantitative estimate of drug-likeness (QED) is 0.866. The number of hydrogen-bond donors (Lipinski definition) is 1. The molecule has 0 bridgehead atoms. The standard InChI is InChI=1S/C15H16F2N2O/c1-3-19(11-6-4-5-10(16)7-11)14-9-15(20-2)12(17)8-13(14)18/h4-9H,3,18H2,1-2H3. The van der Waals surface area contributed by atoms with Crippen LogP contribution in [0.4, 0.5) is 25.8 Å². The Morgan fingerprint density at radius 2 is 1.95 bits per heavy atom. The first-order valence-corrected chi connectivity index (χ1v) is 6.23. The molecule has 0 fully saturated rings. The van der Waals surface area contributed by atoms with Gasteiger partial charge in [0.25, 0.3) is 0 Å². The minimum absolute atomic E-state index is 0.101. The highest BCUT2D eigenvalue weighted by molar-refractivity contribution is 5.76. The SMILES string of the molecule is CCN(c1cccc(F)c1)c1cc(OC)c(F)cc1N. The van der Waals surface area contributed by atoms with E-state index in [2.05, 4.69) is 0 Å². The number of nitrogens with two attached hydrogens (primary N) is 1. The van der Waals surface area contributed by atoms with E-state index < -0.39 is 5.82 Å². The lowest BCUT2D eigenvalue weighted by molar-refractivity contribution is 0.387. The molecule has 0 aliphatic heterocycles. The number of rotatable bonds is 4. The van der Waals surface area contributed by atoms with Crippen LogP contribution >= 0.6 is 0 Å². The molecule has 2 aromatic carbocycles. The molecule has 0 saturated heterocycles. The Kier molecular flexibility index (Phi) is 4.08. The summed E-state index contributed by atoms with van der Waals surface area (Å²) in [5, 5.41) is 0. The van der Waals surface area contributed by atoms with Gasteiger partial charge in [0, 0.05) is 24.4 Å². The maximum absolute atomic E-state index is 13.6. The highest BCUT2D eigenvalue weighted by Crippen LogP contribution is 2.35. The van der Waals surface area contributed by atoms with E-state index in [0.717, 1.165) is 0 Å². The van der Waals surface area contributed by atoms with Crippen LogP contribution in [0.3, 0.4) is 0 Å². The van der Waals surface area contributed by atoms with Crippen LogP contribution in [0, 0.1) is 11.6 Å². The smallest absolute Gasteiger partial charge is 0.167 e. The van der Waals surface area contributed by atoms with Crippen LogP contribution in [-0.4, -0.2) is 13.7 Å². The molecule has 0 unspecified atom stereocenters. The summed E-state index contributed by atoms with van der Waals surface area (Å²) in [5.74, 6) is -0.762. The predicted octanol–water partition coefficient (Wildman–Crippen LogP) is 3.71. The van der Waals surface area contributed by atoms with Gasteiger partial charge >= 0.3 is 0 Å². The zero-order valence-electron chi connectivity index (χ0n) is 11.4. The Balaban J connectivity index is 2.52. The highest BCUT2D eigenvalue weighted by atomic mass is 19.1. The van der Waals surface area contributed by atoms with Crippen molar-refractivity contribution in [3.8, 4) is 5.75 Å². The molecule has 106 valence electrons. The zero-order valence-corrected chi connectivity index (χ0v) is 11.4. The van der Waals surface area contributed by atoms with Gasteiger partial charge in [-0.3, -0.25) is 0 Å². The van der Waals surface area contributed by atoms with E-state index in [4.69, 9.17) is 10.5 Å². The fourth-order valence-electron chi connectivity index (χ4n) is 2.08. The van der Waals surface area contributed by atoms with Gasteiger partial charge in [0.05, 0.1) is 18.5 Å². The molecule has 5 heteroatoms. The van der Waals surface area contributed by atoms with Crippen LogP contribution in [0.25, 0.3) is 0 Å². The summed E-state index contributed by atoms with van der Waals surface area (Å²) >= 11 is 0. The van der Waals surface area contributed by atoms with Gasteiger partial charge in [-0.05, 0) is 25.1 Å². The normalized spacial score (nSPS) is 10.4. The molecular formula is C15H16F2N2O. The lowest BCUT2D eigenvalue weighted by Gasteiger charge is -2.25. The third-order valence-corrected chi connectivity index (χ3v) is 3.03. The van der Waals surface area contributed by atoms with Crippen molar-refractivity contribution in [2.24, 2.45) is 0 Å². The summed E-state index contributed by atoms with van der Waals surface area (Å²) in [7, 11) is 1.39. The molecule has 0 radical (unpaired) electrons. The molecule has 2 N–H and O–H groups in total. The van der Waals surface area contributed by atoms with Crippen molar-refractivity contribution in [3.05, 3.63) is 48.0 Å². The second kappa shape index (κ2) is 5.77. The number of anilines is 3. The number of methoxy groups -OCH3 is 1. The molecule has 2 rings (SSSR count). The van der Waals surface area contributed by atoms with Gasteiger partial charge in [0.15, 0.2) is 11.6 Å². The van der Waals surface area contributed by atoms with Crippen LogP contribution in [-0.2, 0) is 0 Å².